The lowest BCUT2D eigenvalue weighted by Crippen LogP contribution is -2.44. The molecule has 1 unspecified atom stereocenters. The van der Waals surface area contributed by atoms with E-state index in [1.54, 1.807) is 0 Å². The van der Waals surface area contributed by atoms with Gasteiger partial charge in [-0.25, -0.2) is 4.79 Å². The maximum atomic E-state index is 12.1. The van der Waals surface area contributed by atoms with Crippen molar-refractivity contribution in [1.82, 2.24) is 20.4 Å². The van der Waals surface area contributed by atoms with E-state index in [0.717, 1.165) is 25.1 Å². The maximum absolute atomic E-state index is 12.1. The molecule has 1 saturated carbocycles. The average Bonchev–Trinajstić information content (AvgIpc) is 2.77. The van der Waals surface area contributed by atoms with E-state index >= 15 is 0 Å². The van der Waals surface area contributed by atoms with Crippen molar-refractivity contribution < 1.29 is 4.79 Å². The van der Waals surface area contributed by atoms with Crippen molar-refractivity contribution in [2.75, 3.05) is 6.54 Å². The standard InChI is InChI=1S/C18H32N4O/c1-14(13-22-16(3)11-15(2)21-22)12-19-18(23)20-17-9-7-5-4-6-8-10-17/h11,14,17H,4-10,12-13H2,1-3H3,(H2,19,20,23). The van der Waals surface area contributed by atoms with Gasteiger partial charge in [0.1, 0.15) is 0 Å². The molecule has 130 valence electrons. The van der Waals surface area contributed by atoms with Gasteiger partial charge in [0.05, 0.1) is 5.69 Å². The van der Waals surface area contributed by atoms with Crippen LogP contribution >= 0.6 is 0 Å². The second-order valence-electron chi connectivity index (χ2n) is 7.11. The monoisotopic (exact) mass is 320 g/mol. The summed E-state index contributed by atoms with van der Waals surface area (Å²) < 4.78 is 2.02. The summed E-state index contributed by atoms with van der Waals surface area (Å²) >= 11 is 0. The van der Waals surface area contributed by atoms with Crippen LogP contribution in [0, 0.1) is 19.8 Å². The van der Waals surface area contributed by atoms with Crippen molar-refractivity contribution in [3.63, 3.8) is 0 Å². The predicted octanol–water partition coefficient (Wildman–Crippen LogP) is 3.55. The van der Waals surface area contributed by atoms with E-state index in [0.29, 0.717) is 18.5 Å². The molecule has 2 N–H and O–H groups in total. The van der Waals surface area contributed by atoms with Gasteiger partial charge in [0.15, 0.2) is 0 Å². The van der Waals surface area contributed by atoms with Gasteiger partial charge in [-0.05, 0) is 38.7 Å². The van der Waals surface area contributed by atoms with Gasteiger partial charge in [-0.1, -0.05) is 39.0 Å². The van der Waals surface area contributed by atoms with Gasteiger partial charge in [0, 0.05) is 24.8 Å². The molecule has 23 heavy (non-hydrogen) atoms. The number of aromatic nitrogens is 2. The van der Waals surface area contributed by atoms with Crippen LogP contribution in [-0.4, -0.2) is 28.4 Å². The van der Waals surface area contributed by atoms with Crippen LogP contribution in [0.15, 0.2) is 6.07 Å². The first-order valence-electron chi connectivity index (χ1n) is 9.10. The molecular weight excluding hydrogens is 288 g/mol. The van der Waals surface area contributed by atoms with Crippen molar-refractivity contribution in [3.05, 3.63) is 17.5 Å². The quantitative estimate of drug-likeness (QED) is 0.871. The number of hydrogen-bond acceptors (Lipinski definition) is 2. The summed E-state index contributed by atoms with van der Waals surface area (Å²) in [7, 11) is 0. The molecule has 5 heteroatoms. The Morgan fingerprint density at radius 1 is 1.26 bits per heavy atom. The number of nitrogens with zero attached hydrogens (tertiary/aromatic N) is 2. The van der Waals surface area contributed by atoms with Gasteiger partial charge in [0.2, 0.25) is 0 Å². The molecule has 1 atom stereocenters. The normalized spacial score (nSPS) is 18.0. The average molecular weight is 320 g/mol. The maximum Gasteiger partial charge on any atom is 0.315 e. The summed E-state index contributed by atoms with van der Waals surface area (Å²) in [6, 6.07) is 2.42. The lowest BCUT2D eigenvalue weighted by Gasteiger charge is -2.22. The third-order valence-corrected chi connectivity index (χ3v) is 4.64. The lowest BCUT2D eigenvalue weighted by atomic mass is 9.97. The molecule has 0 aliphatic heterocycles. The number of urea groups is 1. The molecule has 0 bridgehead atoms. The SMILES string of the molecule is Cc1cc(C)n(CC(C)CNC(=O)NC2CCCCCCC2)n1. The van der Waals surface area contributed by atoms with Gasteiger partial charge in [0.25, 0.3) is 0 Å². The minimum Gasteiger partial charge on any atom is -0.338 e. The van der Waals surface area contributed by atoms with Crippen LogP contribution in [0.1, 0.15) is 63.3 Å². The van der Waals surface area contributed by atoms with Crippen LogP contribution in [0.25, 0.3) is 0 Å². The van der Waals surface area contributed by atoms with E-state index in [1.807, 2.05) is 11.6 Å². The summed E-state index contributed by atoms with van der Waals surface area (Å²) in [6.45, 7) is 7.74. The third kappa shape index (κ3) is 6.24. The Balaban J connectivity index is 1.69. The third-order valence-electron chi connectivity index (χ3n) is 4.64. The second-order valence-corrected chi connectivity index (χ2v) is 7.11. The van der Waals surface area contributed by atoms with Crippen molar-refractivity contribution in [2.24, 2.45) is 5.92 Å². The molecule has 1 aliphatic rings. The van der Waals surface area contributed by atoms with Crippen LogP contribution in [0.3, 0.4) is 0 Å². The van der Waals surface area contributed by atoms with Crippen LogP contribution in [-0.2, 0) is 6.54 Å². The van der Waals surface area contributed by atoms with Gasteiger partial charge in [-0.15, -0.1) is 0 Å². The molecule has 1 heterocycles. The fraction of sp³-hybridized carbons (Fsp3) is 0.778. The Hall–Kier alpha value is -1.52. The largest absolute Gasteiger partial charge is 0.338 e. The number of hydrogen-bond donors (Lipinski definition) is 2. The smallest absolute Gasteiger partial charge is 0.315 e. The fourth-order valence-corrected chi connectivity index (χ4v) is 3.32. The Morgan fingerprint density at radius 3 is 2.52 bits per heavy atom. The summed E-state index contributed by atoms with van der Waals surface area (Å²) in [5, 5.41) is 10.6. The van der Waals surface area contributed by atoms with E-state index in [2.05, 4.69) is 35.6 Å². The van der Waals surface area contributed by atoms with Crippen molar-refractivity contribution in [2.45, 2.75) is 78.3 Å². The molecule has 5 nitrogen and oxygen atoms in total. The zero-order valence-corrected chi connectivity index (χ0v) is 14.9. The number of carbonyl (C=O) groups excluding carboxylic acids is 1. The first-order chi connectivity index (χ1) is 11.0. The molecule has 0 aromatic carbocycles. The highest BCUT2D eigenvalue weighted by Crippen LogP contribution is 2.17. The Bertz CT molecular complexity index is 489. The zero-order valence-electron chi connectivity index (χ0n) is 14.9. The number of nitrogens with one attached hydrogen (secondary N) is 2. The van der Waals surface area contributed by atoms with Crippen LogP contribution < -0.4 is 10.6 Å². The minimum atomic E-state index is -0.0178. The van der Waals surface area contributed by atoms with E-state index in [9.17, 15) is 4.79 Å². The molecule has 0 spiro atoms. The van der Waals surface area contributed by atoms with Gasteiger partial charge in [-0.2, -0.15) is 5.10 Å². The molecule has 1 aliphatic carbocycles. The van der Waals surface area contributed by atoms with Gasteiger partial charge in [-0.3, -0.25) is 4.68 Å². The van der Waals surface area contributed by atoms with E-state index < -0.39 is 0 Å². The molecule has 0 saturated heterocycles. The summed E-state index contributed by atoms with van der Waals surface area (Å²) in [5.41, 5.74) is 2.22. The first kappa shape index (κ1) is 17.8. The molecule has 2 rings (SSSR count). The number of amides is 2. The topological polar surface area (TPSA) is 59.0 Å². The highest BCUT2D eigenvalue weighted by Gasteiger charge is 2.14. The summed E-state index contributed by atoms with van der Waals surface area (Å²) in [5.74, 6) is 0.357. The highest BCUT2D eigenvalue weighted by molar-refractivity contribution is 5.74. The molecule has 1 aromatic heterocycles. The Labute approximate surface area is 140 Å². The van der Waals surface area contributed by atoms with Crippen molar-refractivity contribution >= 4 is 6.03 Å². The van der Waals surface area contributed by atoms with Crippen LogP contribution in [0.4, 0.5) is 4.79 Å². The van der Waals surface area contributed by atoms with E-state index in [-0.39, 0.29) is 6.03 Å². The number of rotatable bonds is 5. The Kier molecular flexibility index (Phi) is 6.93. The van der Waals surface area contributed by atoms with E-state index in [1.165, 1.54) is 37.8 Å². The second kappa shape index (κ2) is 8.94. The molecule has 1 fully saturated rings. The van der Waals surface area contributed by atoms with Crippen LogP contribution in [0.2, 0.25) is 0 Å². The van der Waals surface area contributed by atoms with Gasteiger partial charge < -0.3 is 10.6 Å². The lowest BCUT2D eigenvalue weighted by molar-refractivity contribution is 0.231. The molecule has 1 aromatic rings. The van der Waals surface area contributed by atoms with Crippen molar-refractivity contribution in [3.8, 4) is 0 Å². The van der Waals surface area contributed by atoms with E-state index in [4.69, 9.17) is 0 Å². The van der Waals surface area contributed by atoms with Gasteiger partial charge >= 0.3 is 6.03 Å². The summed E-state index contributed by atoms with van der Waals surface area (Å²) in [4.78, 5) is 12.1. The molecule has 0 radical (unpaired) electrons. The van der Waals surface area contributed by atoms with Crippen LogP contribution in [0.5, 0.6) is 0 Å². The zero-order chi connectivity index (χ0) is 16.7. The minimum absolute atomic E-state index is 0.0178. The highest BCUT2D eigenvalue weighted by atomic mass is 16.2. The predicted molar refractivity (Wildman–Crippen MR) is 93.5 cm³/mol. The fourth-order valence-electron chi connectivity index (χ4n) is 3.32. The molecular formula is C18H32N4O. The number of carbonyl (C=O) groups is 1. The number of aryl methyl sites for hydroxylation is 2. The molecule has 2 amide bonds. The van der Waals surface area contributed by atoms with Crippen molar-refractivity contribution in [1.29, 1.82) is 0 Å². The summed E-state index contributed by atoms with van der Waals surface area (Å²) in [6.07, 6.45) is 8.67. The Morgan fingerprint density at radius 2 is 1.91 bits per heavy atom. The first-order valence-corrected chi connectivity index (χ1v) is 9.10.